The molecule has 2 aliphatic heterocycles. The summed E-state index contributed by atoms with van der Waals surface area (Å²) in [7, 11) is 1.86. The summed E-state index contributed by atoms with van der Waals surface area (Å²) in [5, 5.41) is 11.1. The summed E-state index contributed by atoms with van der Waals surface area (Å²) >= 11 is 0. The molecule has 2 saturated heterocycles. The van der Waals surface area contributed by atoms with Gasteiger partial charge in [0, 0.05) is 44.4 Å². The second-order valence-electron chi connectivity index (χ2n) is 6.88. The summed E-state index contributed by atoms with van der Waals surface area (Å²) < 4.78 is 15.8. The topological polar surface area (TPSA) is 58.4 Å². The molecule has 6 heteroatoms. The Kier molecular flexibility index (Phi) is 3.46. The van der Waals surface area contributed by atoms with Crippen LogP contribution < -0.4 is 0 Å². The molecule has 4 rings (SSSR count). The predicted octanol–water partition coefficient (Wildman–Crippen LogP) is 2.21. The summed E-state index contributed by atoms with van der Waals surface area (Å²) in [6.07, 6.45) is 6.02. The Labute approximate surface area is 139 Å². The number of fused-ring (bicyclic) bond motifs is 2. The highest BCUT2D eigenvalue weighted by Crippen LogP contribution is 2.45. The van der Waals surface area contributed by atoms with Crippen LogP contribution in [-0.4, -0.2) is 37.5 Å². The third kappa shape index (κ3) is 2.24. The van der Waals surface area contributed by atoms with Crippen LogP contribution in [0, 0.1) is 5.82 Å². The Hall–Kier alpha value is -2.21. The molecule has 2 fully saturated rings. The Bertz CT molecular complexity index is 774. The van der Waals surface area contributed by atoms with E-state index >= 15 is 0 Å². The molecule has 1 aromatic heterocycles. The lowest BCUT2D eigenvalue weighted by molar-refractivity contribution is -0.0555. The standard InChI is InChI=1S/C18H20FN3O2/c1-21-9-8-20-17(21)18(24)10-12-6-7-13(11-18)22(12)16(23)14-4-2-3-5-15(14)19/h2-5,8-9,12-13,24H,6-7,10-11H2,1H3/t12-,13-/m0/s1. The molecular weight excluding hydrogens is 309 g/mol. The lowest BCUT2D eigenvalue weighted by atomic mass is 9.85. The number of carbonyl (C=O) groups is 1. The summed E-state index contributed by atoms with van der Waals surface area (Å²) in [4.78, 5) is 18.9. The normalized spacial score (nSPS) is 29.0. The number of nitrogens with zero attached hydrogens (tertiary/aromatic N) is 3. The first kappa shape index (κ1) is 15.3. The third-order valence-corrected chi connectivity index (χ3v) is 5.34. The van der Waals surface area contributed by atoms with Gasteiger partial charge in [0.25, 0.3) is 5.91 Å². The van der Waals surface area contributed by atoms with Crippen LogP contribution in [0.15, 0.2) is 36.7 Å². The zero-order chi connectivity index (χ0) is 16.9. The van der Waals surface area contributed by atoms with Crippen molar-refractivity contribution < 1.29 is 14.3 Å². The molecule has 5 nitrogen and oxygen atoms in total. The maximum absolute atomic E-state index is 14.0. The molecule has 0 spiro atoms. The molecule has 24 heavy (non-hydrogen) atoms. The van der Waals surface area contributed by atoms with Crippen molar-refractivity contribution in [3.05, 3.63) is 53.9 Å². The van der Waals surface area contributed by atoms with Crippen LogP contribution in [0.25, 0.3) is 0 Å². The number of carbonyl (C=O) groups excluding carboxylic acids is 1. The molecule has 0 unspecified atom stereocenters. The molecule has 126 valence electrons. The van der Waals surface area contributed by atoms with Gasteiger partial charge in [0.1, 0.15) is 17.2 Å². The number of aryl methyl sites for hydroxylation is 1. The fraction of sp³-hybridized carbons (Fsp3) is 0.444. The Morgan fingerprint density at radius 1 is 1.29 bits per heavy atom. The van der Waals surface area contributed by atoms with Crippen LogP contribution in [0.1, 0.15) is 41.9 Å². The second kappa shape index (κ2) is 5.41. The molecule has 1 aromatic carbocycles. The van der Waals surface area contributed by atoms with E-state index in [0.29, 0.717) is 18.7 Å². The Morgan fingerprint density at radius 3 is 2.54 bits per heavy atom. The maximum Gasteiger partial charge on any atom is 0.257 e. The number of benzene rings is 1. The lowest BCUT2D eigenvalue weighted by Crippen LogP contribution is -2.52. The van der Waals surface area contributed by atoms with Gasteiger partial charge in [-0.15, -0.1) is 0 Å². The maximum atomic E-state index is 14.0. The van der Waals surface area contributed by atoms with Gasteiger partial charge < -0.3 is 14.6 Å². The van der Waals surface area contributed by atoms with Crippen molar-refractivity contribution in [3.8, 4) is 0 Å². The monoisotopic (exact) mass is 329 g/mol. The SMILES string of the molecule is Cn1ccnc1C1(O)C[C@@H]2CC[C@@H](C1)N2C(=O)c1ccccc1F. The van der Waals surface area contributed by atoms with Gasteiger partial charge in [-0.2, -0.15) is 0 Å². The number of rotatable bonds is 2. The summed E-state index contributed by atoms with van der Waals surface area (Å²) in [6, 6.07) is 5.92. The molecule has 1 N–H and O–H groups in total. The van der Waals surface area contributed by atoms with Crippen LogP contribution in [-0.2, 0) is 12.6 Å². The summed E-state index contributed by atoms with van der Waals surface area (Å²) in [6.45, 7) is 0. The molecule has 2 aliphatic rings. The quantitative estimate of drug-likeness (QED) is 0.919. The number of halogens is 1. The minimum Gasteiger partial charge on any atom is -0.382 e. The van der Waals surface area contributed by atoms with Crippen molar-refractivity contribution in [1.29, 1.82) is 0 Å². The Morgan fingerprint density at radius 2 is 1.96 bits per heavy atom. The van der Waals surface area contributed by atoms with E-state index in [4.69, 9.17) is 0 Å². The average molecular weight is 329 g/mol. The molecule has 2 aromatic rings. The first-order valence-electron chi connectivity index (χ1n) is 8.27. The molecule has 0 aliphatic carbocycles. The van der Waals surface area contributed by atoms with E-state index in [9.17, 15) is 14.3 Å². The molecule has 0 saturated carbocycles. The minimum atomic E-state index is -1.03. The van der Waals surface area contributed by atoms with E-state index in [0.717, 1.165) is 12.8 Å². The third-order valence-electron chi connectivity index (χ3n) is 5.34. The summed E-state index contributed by atoms with van der Waals surface area (Å²) in [5.74, 6) is -0.133. The first-order valence-corrected chi connectivity index (χ1v) is 8.27. The lowest BCUT2D eigenvalue weighted by Gasteiger charge is -2.43. The van der Waals surface area contributed by atoms with Crippen molar-refractivity contribution in [2.75, 3.05) is 0 Å². The molecule has 2 bridgehead atoms. The number of hydrogen-bond donors (Lipinski definition) is 1. The number of imidazole rings is 1. The Balaban J connectivity index is 1.63. The van der Waals surface area contributed by atoms with E-state index in [1.165, 1.54) is 12.1 Å². The number of aromatic nitrogens is 2. The van der Waals surface area contributed by atoms with Gasteiger partial charge >= 0.3 is 0 Å². The average Bonchev–Trinajstić information content (AvgIpc) is 3.10. The van der Waals surface area contributed by atoms with Crippen molar-refractivity contribution in [3.63, 3.8) is 0 Å². The van der Waals surface area contributed by atoms with Crippen LogP contribution >= 0.6 is 0 Å². The van der Waals surface area contributed by atoms with E-state index in [2.05, 4.69) is 4.98 Å². The van der Waals surface area contributed by atoms with Gasteiger partial charge in [-0.3, -0.25) is 4.79 Å². The number of hydrogen-bond acceptors (Lipinski definition) is 3. The van der Waals surface area contributed by atoms with Crippen molar-refractivity contribution in [2.45, 2.75) is 43.4 Å². The zero-order valence-corrected chi connectivity index (χ0v) is 13.5. The second-order valence-corrected chi connectivity index (χ2v) is 6.88. The van der Waals surface area contributed by atoms with Crippen LogP contribution in [0.3, 0.4) is 0 Å². The van der Waals surface area contributed by atoms with Gasteiger partial charge in [0.05, 0.1) is 5.56 Å². The first-order chi connectivity index (χ1) is 11.5. The van der Waals surface area contributed by atoms with Crippen molar-refractivity contribution in [2.24, 2.45) is 7.05 Å². The molecule has 3 heterocycles. The highest BCUT2D eigenvalue weighted by atomic mass is 19.1. The molecule has 1 amide bonds. The van der Waals surface area contributed by atoms with Crippen LogP contribution in [0.4, 0.5) is 4.39 Å². The zero-order valence-electron chi connectivity index (χ0n) is 13.5. The fourth-order valence-electron chi connectivity index (χ4n) is 4.33. The van der Waals surface area contributed by atoms with E-state index in [1.54, 1.807) is 23.2 Å². The highest BCUT2D eigenvalue weighted by molar-refractivity contribution is 5.95. The minimum absolute atomic E-state index is 0.0856. The van der Waals surface area contributed by atoms with Gasteiger partial charge in [-0.1, -0.05) is 12.1 Å². The van der Waals surface area contributed by atoms with Gasteiger partial charge in [0.15, 0.2) is 0 Å². The van der Waals surface area contributed by atoms with E-state index in [-0.39, 0.29) is 23.6 Å². The number of amides is 1. The van der Waals surface area contributed by atoms with Crippen molar-refractivity contribution in [1.82, 2.24) is 14.5 Å². The molecule has 2 atom stereocenters. The van der Waals surface area contributed by atoms with Gasteiger partial charge in [-0.25, -0.2) is 9.37 Å². The van der Waals surface area contributed by atoms with Crippen molar-refractivity contribution >= 4 is 5.91 Å². The molecule has 0 radical (unpaired) electrons. The largest absolute Gasteiger partial charge is 0.382 e. The van der Waals surface area contributed by atoms with E-state index < -0.39 is 11.4 Å². The van der Waals surface area contributed by atoms with Gasteiger partial charge in [-0.05, 0) is 25.0 Å². The van der Waals surface area contributed by atoms with Crippen LogP contribution in [0.2, 0.25) is 0 Å². The number of piperidine rings is 1. The van der Waals surface area contributed by atoms with E-state index in [1.807, 2.05) is 17.8 Å². The van der Waals surface area contributed by atoms with Gasteiger partial charge in [0.2, 0.25) is 0 Å². The number of aliphatic hydroxyl groups is 1. The van der Waals surface area contributed by atoms with Crippen LogP contribution in [0.5, 0.6) is 0 Å². The smallest absolute Gasteiger partial charge is 0.257 e. The summed E-state index contributed by atoms with van der Waals surface area (Å²) in [5.41, 5.74) is -0.923. The highest BCUT2D eigenvalue weighted by Gasteiger charge is 2.51. The molecular formula is C18H20FN3O2. The fourth-order valence-corrected chi connectivity index (χ4v) is 4.33. The predicted molar refractivity (Wildman–Crippen MR) is 85.7 cm³/mol.